The molecule has 0 saturated carbocycles. The lowest BCUT2D eigenvalue weighted by Gasteiger charge is -2.07. The van der Waals surface area contributed by atoms with Crippen LogP contribution in [0.15, 0.2) is 47.6 Å². The second-order valence-corrected chi connectivity index (χ2v) is 7.40. The maximum atomic E-state index is 12.2. The second kappa shape index (κ2) is 8.65. The molecule has 3 aromatic rings. The molecule has 0 atom stereocenters. The van der Waals surface area contributed by atoms with E-state index in [0.717, 1.165) is 11.3 Å². The quantitative estimate of drug-likeness (QED) is 0.590. The minimum absolute atomic E-state index is 0.138. The van der Waals surface area contributed by atoms with E-state index in [1.165, 1.54) is 11.8 Å². The van der Waals surface area contributed by atoms with Crippen LogP contribution >= 0.6 is 35.0 Å². The van der Waals surface area contributed by atoms with Gasteiger partial charge in [-0.05, 0) is 42.5 Å². The van der Waals surface area contributed by atoms with Crippen LogP contribution in [-0.2, 0) is 11.8 Å². The van der Waals surface area contributed by atoms with E-state index in [2.05, 4.69) is 15.5 Å². The van der Waals surface area contributed by atoms with Crippen molar-refractivity contribution in [3.63, 3.8) is 0 Å². The Morgan fingerprint density at radius 1 is 1.15 bits per heavy atom. The van der Waals surface area contributed by atoms with Crippen LogP contribution in [0.25, 0.3) is 11.4 Å². The van der Waals surface area contributed by atoms with E-state index in [1.807, 2.05) is 7.05 Å². The largest absolute Gasteiger partial charge is 0.497 e. The number of nitrogens with one attached hydrogen (secondary N) is 1. The first-order valence-electron chi connectivity index (χ1n) is 7.89. The Morgan fingerprint density at radius 3 is 2.44 bits per heavy atom. The fraction of sp³-hybridized carbons (Fsp3) is 0.167. The number of rotatable bonds is 6. The molecule has 3 rings (SSSR count). The summed E-state index contributed by atoms with van der Waals surface area (Å²) in [6.45, 7) is 0. The van der Waals surface area contributed by atoms with Crippen molar-refractivity contribution >= 4 is 46.6 Å². The van der Waals surface area contributed by atoms with Gasteiger partial charge in [0.2, 0.25) is 5.91 Å². The summed E-state index contributed by atoms with van der Waals surface area (Å²) in [6, 6.07) is 12.3. The van der Waals surface area contributed by atoms with Gasteiger partial charge in [0.05, 0.1) is 12.9 Å². The van der Waals surface area contributed by atoms with Crippen molar-refractivity contribution in [3.8, 4) is 17.1 Å². The SMILES string of the molecule is COc1ccc(NC(=O)CSc2nnc(-c3cc(Cl)cc(Cl)c3)n2C)cc1. The van der Waals surface area contributed by atoms with E-state index >= 15 is 0 Å². The zero-order valence-corrected chi connectivity index (χ0v) is 16.9. The molecule has 1 N–H and O–H groups in total. The highest BCUT2D eigenvalue weighted by Crippen LogP contribution is 2.28. The van der Waals surface area contributed by atoms with Gasteiger partial charge in [0.25, 0.3) is 0 Å². The smallest absolute Gasteiger partial charge is 0.234 e. The number of aromatic nitrogens is 3. The van der Waals surface area contributed by atoms with Gasteiger partial charge in [-0.2, -0.15) is 0 Å². The maximum absolute atomic E-state index is 12.2. The van der Waals surface area contributed by atoms with Crippen LogP contribution in [0.5, 0.6) is 5.75 Å². The Morgan fingerprint density at radius 2 is 1.81 bits per heavy atom. The van der Waals surface area contributed by atoms with Crippen molar-refractivity contribution in [2.24, 2.45) is 7.05 Å². The third-order valence-corrected chi connectivity index (χ3v) is 5.12. The molecule has 0 aliphatic rings. The lowest BCUT2D eigenvalue weighted by Crippen LogP contribution is -2.14. The van der Waals surface area contributed by atoms with Crippen LogP contribution in [0.2, 0.25) is 10.0 Å². The number of benzene rings is 2. The van der Waals surface area contributed by atoms with Gasteiger partial charge < -0.3 is 14.6 Å². The van der Waals surface area contributed by atoms with Gasteiger partial charge in [0, 0.05) is 28.3 Å². The van der Waals surface area contributed by atoms with Crippen LogP contribution in [0, 0.1) is 0 Å². The molecule has 0 aliphatic heterocycles. The molecule has 27 heavy (non-hydrogen) atoms. The summed E-state index contributed by atoms with van der Waals surface area (Å²) in [4.78, 5) is 12.2. The van der Waals surface area contributed by atoms with Gasteiger partial charge in [0.1, 0.15) is 5.75 Å². The number of carbonyl (C=O) groups excluding carboxylic acids is 1. The minimum atomic E-state index is -0.138. The molecule has 6 nitrogen and oxygen atoms in total. The number of ether oxygens (including phenoxy) is 1. The zero-order valence-electron chi connectivity index (χ0n) is 14.6. The number of anilines is 1. The minimum Gasteiger partial charge on any atom is -0.497 e. The standard InChI is InChI=1S/C18H16Cl2N4O2S/c1-24-17(11-7-12(19)9-13(20)8-11)22-23-18(24)27-10-16(25)21-14-3-5-15(26-2)6-4-14/h3-9H,10H2,1-2H3,(H,21,25). The van der Waals surface area contributed by atoms with E-state index in [9.17, 15) is 4.79 Å². The molecule has 0 unspecified atom stereocenters. The Hall–Kier alpha value is -2.22. The third-order valence-electron chi connectivity index (χ3n) is 3.66. The summed E-state index contributed by atoms with van der Waals surface area (Å²) in [5.41, 5.74) is 1.46. The Labute approximate surface area is 170 Å². The average molecular weight is 423 g/mol. The van der Waals surface area contributed by atoms with Crippen LogP contribution < -0.4 is 10.1 Å². The van der Waals surface area contributed by atoms with Gasteiger partial charge in [-0.1, -0.05) is 35.0 Å². The molecule has 0 bridgehead atoms. The second-order valence-electron chi connectivity index (χ2n) is 5.59. The van der Waals surface area contributed by atoms with E-state index in [1.54, 1.807) is 54.1 Å². The third kappa shape index (κ3) is 4.94. The van der Waals surface area contributed by atoms with Gasteiger partial charge in [-0.3, -0.25) is 4.79 Å². The Kier molecular flexibility index (Phi) is 6.26. The van der Waals surface area contributed by atoms with Gasteiger partial charge in [-0.25, -0.2) is 0 Å². The normalized spacial score (nSPS) is 10.7. The summed E-state index contributed by atoms with van der Waals surface area (Å²) < 4.78 is 6.89. The lowest BCUT2D eigenvalue weighted by atomic mass is 10.2. The number of nitrogens with zero attached hydrogens (tertiary/aromatic N) is 3. The molecule has 0 saturated heterocycles. The number of halogens is 2. The number of thioether (sulfide) groups is 1. The Balaban J connectivity index is 1.64. The molecule has 0 aliphatic carbocycles. The topological polar surface area (TPSA) is 69.0 Å². The molecule has 1 aromatic heterocycles. The lowest BCUT2D eigenvalue weighted by molar-refractivity contribution is -0.113. The van der Waals surface area contributed by atoms with Crippen LogP contribution in [-0.4, -0.2) is 33.5 Å². The van der Waals surface area contributed by atoms with E-state index < -0.39 is 0 Å². The molecule has 0 radical (unpaired) electrons. The molecule has 2 aromatic carbocycles. The molecule has 140 valence electrons. The first-order valence-corrected chi connectivity index (χ1v) is 9.63. The predicted molar refractivity (Wildman–Crippen MR) is 109 cm³/mol. The molecule has 1 heterocycles. The van der Waals surface area contributed by atoms with E-state index in [4.69, 9.17) is 27.9 Å². The van der Waals surface area contributed by atoms with Gasteiger partial charge >= 0.3 is 0 Å². The van der Waals surface area contributed by atoms with Crippen molar-refractivity contribution in [2.45, 2.75) is 5.16 Å². The zero-order chi connectivity index (χ0) is 19.4. The molecular weight excluding hydrogens is 407 g/mol. The number of carbonyl (C=O) groups is 1. The van der Waals surface area contributed by atoms with Gasteiger partial charge in [-0.15, -0.1) is 10.2 Å². The van der Waals surface area contributed by atoms with Crippen molar-refractivity contribution in [1.82, 2.24) is 14.8 Å². The van der Waals surface area contributed by atoms with E-state index in [-0.39, 0.29) is 11.7 Å². The highest BCUT2D eigenvalue weighted by atomic mass is 35.5. The van der Waals surface area contributed by atoms with Crippen molar-refractivity contribution in [2.75, 3.05) is 18.2 Å². The summed E-state index contributed by atoms with van der Waals surface area (Å²) in [5, 5.41) is 12.8. The number of hydrogen-bond donors (Lipinski definition) is 1. The van der Waals surface area contributed by atoms with Crippen LogP contribution in [0.4, 0.5) is 5.69 Å². The number of amides is 1. The summed E-state index contributed by atoms with van der Waals surface area (Å²) in [6.07, 6.45) is 0. The molecular formula is C18H16Cl2N4O2S. The summed E-state index contributed by atoms with van der Waals surface area (Å²) >= 11 is 13.4. The Bertz CT molecular complexity index is 940. The molecule has 9 heteroatoms. The monoisotopic (exact) mass is 422 g/mol. The van der Waals surface area contributed by atoms with Crippen molar-refractivity contribution < 1.29 is 9.53 Å². The van der Waals surface area contributed by atoms with Crippen molar-refractivity contribution in [3.05, 3.63) is 52.5 Å². The fourth-order valence-electron chi connectivity index (χ4n) is 2.38. The number of hydrogen-bond acceptors (Lipinski definition) is 5. The first-order chi connectivity index (χ1) is 13.0. The summed E-state index contributed by atoms with van der Waals surface area (Å²) in [5.74, 6) is 1.42. The highest BCUT2D eigenvalue weighted by Gasteiger charge is 2.14. The molecule has 1 amide bonds. The molecule has 0 fully saturated rings. The van der Waals surface area contributed by atoms with Crippen LogP contribution in [0.1, 0.15) is 0 Å². The van der Waals surface area contributed by atoms with Crippen molar-refractivity contribution in [1.29, 1.82) is 0 Å². The van der Waals surface area contributed by atoms with Crippen LogP contribution in [0.3, 0.4) is 0 Å². The summed E-state index contributed by atoms with van der Waals surface area (Å²) in [7, 11) is 3.42. The molecule has 0 spiro atoms. The number of methoxy groups -OCH3 is 1. The van der Waals surface area contributed by atoms with Gasteiger partial charge in [0.15, 0.2) is 11.0 Å². The maximum Gasteiger partial charge on any atom is 0.234 e. The first kappa shape index (κ1) is 19.5. The predicted octanol–water partition coefficient (Wildman–Crippen LogP) is 4.53. The highest BCUT2D eigenvalue weighted by molar-refractivity contribution is 7.99. The fourth-order valence-corrected chi connectivity index (χ4v) is 3.61. The van der Waals surface area contributed by atoms with E-state index in [0.29, 0.717) is 26.7 Å². The average Bonchev–Trinajstić information content (AvgIpc) is 3.00.